The number of carboxylic acid groups (broad SMARTS) is 1. The van der Waals surface area contributed by atoms with Crippen molar-refractivity contribution in [2.24, 2.45) is 11.7 Å². The molecule has 3 N–H and O–H groups in total. The molecular formula is C13H24N2O2. The maximum Gasteiger partial charge on any atom is 0.323 e. The highest BCUT2D eigenvalue weighted by Crippen LogP contribution is 2.36. The number of nitrogens with two attached hydrogens (primary N) is 1. The molecule has 0 spiro atoms. The molecule has 0 aromatic carbocycles. The van der Waals surface area contributed by atoms with Crippen LogP contribution in [0, 0.1) is 5.92 Å². The normalized spacial score (nSPS) is 35.0. The molecule has 0 radical (unpaired) electrons. The van der Waals surface area contributed by atoms with Crippen LogP contribution in [-0.2, 0) is 4.79 Å². The smallest absolute Gasteiger partial charge is 0.323 e. The number of nitrogens with zero attached hydrogens (tertiary/aromatic N) is 1. The van der Waals surface area contributed by atoms with E-state index in [1.54, 1.807) is 0 Å². The van der Waals surface area contributed by atoms with Gasteiger partial charge in [-0.15, -0.1) is 0 Å². The SMILES string of the molecule is NC1(C(=O)O)CCCC1CCN1CCCCC1. The van der Waals surface area contributed by atoms with Crippen molar-refractivity contribution in [3.05, 3.63) is 0 Å². The van der Waals surface area contributed by atoms with Gasteiger partial charge in [-0.25, -0.2) is 0 Å². The van der Waals surface area contributed by atoms with E-state index < -0.39 is 11.5 Å². The number of aliphatic carboxylic acids is 1. The van der Waals surface area contributed by atoms with Crippen molar-refractivity contribution in [3.8, 4) is 0 Å². The molecule has 17 heavy (non-hydrogen) atoms. The van der Waals surface area contributed by atoms with Gasteiger partial charge in [0.25, 0.3) is 0 Å². The van der Waals surface area contributed by atoms with Crippen LogP contribution < -0.4 is 5.73 Å². The third kappa shape index (κ3) is 2.80. The lowest BCUT2D eigenvalue weighted by molar-refractivity contribution is -0.144. The number of carboxylic acids is 1. The van der Waals surface area contributed by atoms with E-state index in [1.807, 2.05) is 0 Å². The minimum Gasteiger partial charge on any atom is -0.480 e. The molecule has 2 rings (SSSR count). The van der Waals surface area contributed by atoms with E-state index in [-0.39, 0.29) is 5.92 Å². The molecule has 0 aromatic heterocycles. The van der Waals surface area contributed by atoms with Crippen LogP contribution in [0.2, 0.25) is 0 Å². The summed E-state index contributed by atoms with van der Waals surface area (Å²) in [5.74, 6) is -0.638. The van der Waals surface area contributed by atoms with Gasteiger partial charge in [-0.2, -0.15) is 0 Å². The first kappa shape index (κ1) is 12.8. The first-order chi connectivity index (χ1) is 8.13. The molecule has 1 heterocycles. The van der Waals surface area contributed by atoms with Crippen molar-refractivity contribution in [3.63, 3.8) is 0 Å². The Morgan fingerprint density at radius 1 is 1.29 bits per heavy atom. The third-order valence-electron chi connectivity index (χ3n) is 4.51. The fourth-order valence-electron chi connectivity index (χ4n) is 3.31. The van der Waals surface area contributed by atoms with E-state index in [2.05, 4.69) is 4.90 Å². The Kier molecular flexibility index (Phi) is 4.05. The molecule has 4 heteroatoms. The topological polar surface area (TPSA) is 66.6 Å². The van der Waals surface area contributed by atoms with Crippen molar-refractivity contribution >= 4 is 5.97 Å². The highest BCUT2D eigenvalue weighted by molar-refractivity contribution is 5.79. The number of hydrogen-bond donors (Lipinski definition) is 2. The highest BCUT2D eigenvalue weighted by atomic mass is 16.4. The second-order valence-corrected chi connectivity index (χ2v) is 5.63. The molecule has 2 fully saturated rings. The molecule has 4 nitrogen and oxygen atoms in total. The molecule has 2 unspecified atom stereocenters. The summed E-state index contributed by atoms with van der Waals surface area (Å²) in [6.07, 6.45) is 7.46. The largest absolute Gasteiger partial charge is 0.480 e. The van der Waals surface area contributed by atoms with Crippen LogP contribution >= 0.6 is 0 Å². The second kappa shape index (κ2) is 5.36. The summed E-state index contributed by atoms with van der Waals surface area (Å²) < 4.78 is 0. The molecule has 2 atom stereocenters. The van der Waals surface area contributed by atoms with Crippen LogP contribution in [0.4, 0.5) is 0 Å². The summed E-state index contributed by atoms with van der Waals surface area (Å²) in [5, 5.41) is 9.24. The fraction of sp³-hybridized carbons (Fsp3) is 0.923. The number of likely N-dealkylation sites (tertiary alicyclic amines) is 1. The average Bonchev–Trinajstić information content (AvgIpc) is 2.71. The maximum atomic E-state index is 11.2. The Labute approximate surface area is 103 Å². The van der Waals surface area contributed by atoms with Gasteiger partial charge in [0.05, 0.1) is 0 Å². The van der Waals surface area contributed by atoms with Gasteiger partial charge in [0.15, 0.2) is 0 Å². The van der Waals surface area contributed by atoms with Crippen LogP contribution in [0.5, 0.6) is 0 Å². The zero-order chi connectivity index (χ0) is 12.3. The predicted molar refractivity (Wildman–Crippen MR) is 66.8 cm³/mol. The monoisotopic (exact) mass is 240 g/mol. The lowest BCUT2D eigenvalue weighted by Gasteiger charge is -2.31. The summed E-state index contributed by atoms with van der Waals surface area (Å²) in [4.78, 5) is 13.7. The molecule has 0 amide bonds. The summed E-state index contributed by atoms with van der Waals surface area (Å²) in [6.45, 7) is 3.38. The van der Waals surface area contributed by atoms with Gasteiger partial charge in [0, 0.05) is 0 Å². The van der Waals surface area contributed by atoms with E-state index in [0.717, 1.165) is 25.8 Å². The highest BCUT2D eigenvalue weighted by Gasteiger charge is 2.45. The van der Waals surface area contributed by atoms with Gasteiger partial charge >= 0.3 is 5.97 Å². The average molecular weight is 240 g/mol. The Morgan fingerprint density at radius 3 is 2.65 bits per heavy atom. The van der Waals surface area contributed by atoms with Gasteiger partial charge in [0.1, 0.15) is 5.54 Å². The van der Waals surface area contributed by atoms with Crippen molar-refractivity contribution in [1.29, 1.82) is 0 Å². The fourth-order valence-corrected chi connectivity index (χ4v) is 3.31. The Morgan fingerprint density at radius 2 is 2.00 bits per heavy atom. The van der Waals surface area contributed by atoms with Crippen molar-refractivity contribution in [1.82, 2.24) is 4.90 Å². The quantitative estimate of drug-likeness (QED) is 0.780. The van der Waals surface area contributed by atoms with Crippen molar-refractivity contribution in [2.45, 2.75) is 50.5 Å². The summed E-state index contributed by atoms with van der Waals surface area (Å²) in [7, 11) is 0. The summed E-state index contributed by atoms with van der Waals surface area (Å²) in [6, 6.07) is 0. The van der Waals surface area contributed by atoms with E-state index in [9.17, 15) is 9.90 Å². The van der Waals surface area contributed by atoms with Gasteiger partial charge in [-0.1, -0.05) is 12.8 Å². The van der Waals surface area contributed by atoms with Crippen molar-refractivity contribution in [2.75, 3.05) is 19.6 Å². The number of hydrogen-bond acceptors (Lipinski definition) is 3. The van der Waals surface area contributed by atoms with Gasteiger partial charge in [0.2, 0.25) is 0 Å². The van der Waals surface area contributed by atoms with E-state index in [4.69, 9.17) is 5.73 Å². The minimum absolute atomic E-state index is 0.168. The first-order valence-corrected chi connectivity index (χ1v) is 6.87. The number of carbonyl (C=O) groups is 1. The summed E-state index contributed by atoms with van der Waals surface area (Å²) in [5.41, 5.74) is 5.10. The van der Waals surface area contributed by atoms with E-state index in [1.165, 1.54) is 32.4 Å². The van der Waals surface area contributed by atoms with Crippen LogP contribution in [0.1, 0.15) is 44.9 Å². The van der Waals surface area contributed by atoms with E-state index in [0.29, 0.717) is 6.42 Å². The third-order valence-corrected chi connectivity index (χ3v) is 4.51. The second-order valence-electron chi connectivity index (χ2n) is 5.63. The first-order valence-electron chi connectivity index (χ1n) is 6.87. The van der Waals surface area contributed by atoms with Gasteiger partial charge < -0.3 is 15.7 Å². The Hall–Kier alpha value is -0.610. The summed E-state index contributed by atoms with van der Waals surface area (Å²) >= 11 is 0. The molecular weight excluding hydrogens is 216 g/mol. The minimum atomic E-state index is -0.949. The molecule has 0 aromatic rings. The Balaban J connectivity index is 1.83. The van der Waals surface area contributed by atoms with Gasteiger partial charge in [-0.3, -0.25) is 4.79 Å². The van der Waals surface area contributed by atoms with Gasteiger partial charge in [-0.05, 0) is 57.7 Å². The molecule has 1 aliphatic heterocycles. The molecule has 98 valence electrons. The lowest BCUT2D eigenvalue weighted by Crippen LogP contribution is -2.51. The van der Waals surface area contributed by atoms with Crippen LogP contribution in [-0.4, -0.2) is 41.1 Å². The lowest BCUT2D eigenvalue weighted by atomic mass is 9.85. The number of piperidine rings is 1. The molecule has 1 saturated carbocycles. The van der Waals surface area contributed by atoms with Crippen LogP contribution in [0.25, 0.3) is 0 Å². The molecule has 0 bridgehead atoms. The molecule has 2 aliphatic rings. The molecule has 1 saturated heterocycles. The van der Waals surface area contributed by atoms with Crippen LogP contribution in [0.15, 0.2) is 0 Å². The van der Waals surface area contributed by atoms with Crippen molar-refractivity contribution < 1.29 is 9.90 Å². The Bertz CT molecular complexity index is 277. The zero-order valence-corrected chi connectivity index (χ0v) is 10.5. The standard InChI is InChI=1S/C13H24N2O2/c14-13(12(16)17)7-4-5-11(13)6-10-15-8-2-1-3-9-15/h11H,1-10,14H2,(H,16,17). The van der Waals surface area contributed by atoms with E-state index >= 15 is 0 Å². The number of rotatable bonds is 4. The molecule has 1 aliphatic carbocycles. The maximum absolute atomic E-state index is 11.2. The zero-order valence-electron chi connectivity index (χ0n) is 10.5. The van der Waals surface area contributed by atoms with Crippen LogP contribution in [0.3, 0.4) is 0 Å². The predicted octanol–water partition coefficient (Wildman–Crippen LogP) is 1.44.